The van der Waals surface area contributed by atoms with Crippen LogP contribution in [0.15, 0.2) is 60.0 Å². The lowest BCUT2D eigenvalue weighted by Gasteiger charge is -2.18. The van der Waals surface area contributed by atoms with Gasteiger partial charge < -0.3 is 0 Å². The molecule has 2 fully saturated rings. The Hall–Kier alpha value is -4.31. The second-order valence-corrected chi connectivity index (χ2v) is 11.3. The van der Waals surface area contributed by atoms with Crippen LogP contribution < -0.4 is 5.56 Å². The number of hydrogen-bond donors (Lipinski definition) is 0. The largest absolute Gasteiger partial charge is 0.277 e. The number of nitrogens with zero attached hydrogens (tertiary/aromatic N) is 6. The highest BCUT2D eigenvalue weighted by molar-refractivity contribution is 6.31. The standard InChI is InChI=1S/C31H24ClF3N6O/c1-15-11-37-28(20-4-3-5-21(26(20)34)30-38-14-39-41(30)19-6-7-19)27(35)29(15)40-16(2)8-24(25(32)31(40)42)23-10-22(23)17-9-18(33)13-36-12-17/h3-5,8-9,11-14,19,22-23H,6-7,10H2,1-2H3/t22?,23-/m1/s1. The summed E-state index contributed by atoms with van der Waals surface area (Å²) in [6, 6.07) is 8.00. The van der Waals surface area contributed by atoms with Gasteiger partial charge in [0, 0.05) is 23.7 Å². The van der Waals surface area contributed by atoms with Crippen LogP contribution in [0.3, 0.4) is 0 Å². The van der Waals surface area contributed by atoms with Crippen LogP contribution in [-0.2, 0) is 0 Å². The highest BCUT2D eigenvalue weighted by Crippen LogP contribution is 2.55. The third-order valence-electron chi connectivity index (χ3n) is 8.07. The topological polar surface area (TPSA) is 78.5 Å². The van der Waals surface area contributed by atoms with Crippen LogP contribution in [-0.4, -0.2) is 29.3 Å². The van der Waals surface area contributed by atoms with Gasteiger partial charge in [-0.3, -0.25) is 19.3 Å². The van der Waals surface area contributed by atoms with E-state index in [9.17, 15) is 9.18 Å². The van der Waals surface area contributed by atoms with Crippen LogP contribution in [0.4, 0.5) is 13.2 Å². The molecule has 42 heavy (non-hydrogen) atoms. The molecule has 1 unspecified atom stereocenters. The van der Waals surface area contributed by atoms with Gasteiger partial charge in [0.25, 0.3) is 5.56 Å². The van der Waals surface area contributed by atoms with Gasteiger partial charge >= 0.3 is 0 Å². The predicted octanol–water partition coefficient (Wildman–Crippen LogP) is 6.85. The van der Waals surface area contributed by atoms with Gasteiger partial charge in [0.1, 0.15) is 28.7 Å². The lowest BCUT2D eigenvalue weighted by Crippen LogP contribution is -2.24. The zero-order valence-electron chi connectivity index (χ0n) is 22.7. The van der Waals surface area contributed by atoms with Gasteiger partial charge in [0.05, 0.1) is 23.5 Å². The van der Waals surface area contributed by atoms with E-state index in [4.69, 9.17) is 11.6 Å². The summed E-state index contributed by atoms with van der Waals surface area (Å²) in [6.07, 6.45) is 8.10. The Bertz CT molecular complexity index is 1950. The van der Waals surface area contributed by atoms with Crippen molar-refractivity contribution in [3.63, 3.8) is 0 Å². The summed E-state index contributed by atoms with van der Waals surface area (Å²) >= 11 is 6.61. The molecule has 4 heterocycles. The number of rotatable bonds is 6. The van der Waals surface area contributed by atoms with Crippen molar-refractivity contribution in [3.05, 3.63) is 110 Å². The second kappa shape index (κ2) is 9.90. The Balaban J connectivity index is 1.30. The second-order valence-electron chi connectivity index (χ2n) is 11.0. The van der Waals surface area contributed by atoms with Gasteiger partial charge in [-0.25, -0.2) is 22.8 Å². The first kappa shape index (κ1) is 26.6. The number of hydrogen-bond acceptors (Lipinski definition) is 5. The van der Waals surface area contributed by atoms with E-state index in [2.05, 4.69) is 20.1 Å². The molecule has 1 aromatic carbocycles. The summed E-state index contributed by atoms with van der Waals surface area (Å²) in [4.78, 5) is 26.1. The van der Waals surface area contributed by atoms with E-state index >= 15 is 8.78 Å². The molecule has 7 rings (SSSR count). The third kappa shape index (κ3) is 4.32. The molecule has 2 saturated carbocycles. The summed E-state index contributed by atoms with van der Waals surface area (Å²) in [5, 5.41) is 4.20. The molecule has 0 radical (unpaired) electrons. The Labute approximate surface area is 243 Å². The van der Waals surface area contributed by atoms with Crippen molar-refractivity contribution in [3.8, 4) is 28.3 Å². The summed E-state index contributed by atoms with van der Waals surface area (Å²) in [7, 11) is 0. The number of halogens is 4. The van der Waals surface area contributed by atoms with Crippen LogP contribution in [0, 0.1) is 31.3 Å². The van der Waals surface area contributed by atoms with Gasteiger partial charge in [0.15, 0.2) is 11.6 Å². The minimum absolute atomic E-state index is 0.0210. The van der Waals surface area contributed by atoms with Crippen molar-refractivity contribution in [2.75, 3.05) is 0 Å². The predicted molar refractivity (Wildman–Crippen MR) is 151 cm³/mol. The maximum Gasteiger partial charge on any atom is 0.274 e. The molecule has 2 atom stereocenters. The Morgan fingerprint density at radius 1 is 0.952 bits per heavy atom. The minimum Gasteiger partial charge on any atom is -0.277 e. The number of aromatic nitrogens is 6. The van der Waals surface area contributed by atoms with E-state index in [1.807, 2.05) is 0 Å². The molecule has 2 aliphatic rings. The zero-order chi connectivity index (χ0) is 29.3. The monoisotopic (exact) mass is 588 g/mol. The zero-order valence-corrected chi connectivity index (χ0v) is 23.4. The number of benzene rings is 1. The van der Waals surface area contributed by atoms with E-state index in [1.165, 1.54) is 29.2 Å². The highest BCUT2D eigenvalue weighted by Gasteiger charge is 2.42. The summed E-state index contributed by atoms with van der Waals surface area (Å²) in [6.45, 7) is 3.31. The van der Waals surface area contributed by atoms with Gasteiger partial charge in [-0.1, -0.05) is 17.7 Å². The van der Waals surface area contributed by atoms with Crippen molar-refractivity contribution >= 4 is 11.6 Å². The van der Waals surface area contributed by atoms with Crippen LogP contribution >= 0.6 is 11.6 Å². The molecule has 2 aliphatic carbocycles. The fraction of sp³-hybridized carbons (Fsp3) is 0.258. The van der Waals surface area contributed by atoms with Crippen molar-refractivity contribution in [2.45, 2.75) is 51.0 Å². The van der Waals surface area contributed by atoms with Crippen LogP contribution in [0.25, 0.3) is 28.3 Å². The van der Waals surface area contributed by atoms with E-state index in [0.717, 1.165) is 24.6 Å². The van der Waals surface area contributed by atoms with E-state index in [1.54, 1.807) is 42.9 Å². The lowest BCUT2D eigenvalue weighted by molar-refractivity contribution is 0.599. The summed E-state index contributed by atoms with van der Waals surface area (Å²) in [5.41, 5.74) is 1.43. The third-order valence-corrected chi connectivity index (χ3v) is 8.45. The number of pyridine rings is 3. The quantitative estimate of drug-likeness (QED) is 0.217. The Morgan fingerprint density at radius 2 is 1.74 bits per heavy atom. The molecule has 11 heteroatoms. The molecule has 7 nitrogen and oxygen atoms in total. The molecular weight excluding hydrogens is 565 g/mol. The molecule has 0 amide bonds. The molecule has 212 valence electrons. The molecule has 0 spiro atoms. The average Bonchev–Trinajstić information content (AvgIpc) is 3.91. The van der Waals surface area contributed by atoms with Gasteiger partial charge in [0.2, 0.25) is 0 Å². The molecular formula is C31H24ClF3N6O. The minimum atomic E-state index is -0.848. The van der Waals surface area contributed by atoms with Gasteiger partial charge in [-0.15, -0.1) is 0 Å². The fourth-order valence-electron chi connectivity index (χ4n) is 5.76. The summed E-state index contributed by atoms with van der Waals surface area (Å²) in [5.74, 6) is -1.70. The number of aryl methyl sites for hydroxylation is 2. The molecule has 0 saturated heterocycles. The summed E-state index contributed by atoms with van der Waals surface area (Å²) < 4.78 is 48.9. The van der Waals surface area contributed by atoms with E-state index < -0.39 is 23.0 Å². The fourth-order valence-corrected chi connectivity index (χ4v) is 6.04. The van der Waals surface area contributed by atoms with Gasteiger partial charge in [-0.2, -0.15) is 5.10 Å². The first-order chi connectivity index (χ1) is 20.2. The molecule has 5 aromatic rings. The molecule has 4 aromatic heterocycles. The highest BCUT2D eigenvalue weighted by atomic mass is 35.5. The first-order valence-electron chi connectivity index (χ1n) is 13.6. The molecule has 0 N–H and O–H groups in total. The van der Waals surface area contributed by atoms with Crippen molar-refractivity contribution in [1.29, 1.82) is 0 Å². The van der Waals surface area contributed by atoms with E-state index in [0.29, 0.717) is 29.1 Å². The van der Waals surface area contributed by atoms with Crippen LogP contribution in [0.2, 0.25) is 5.02 Å². The Morgan fingerprint density at radius 3 is 2.50 bits per heavy atom. The smallest absolute Gasteiger partial charge is 0.274 e. The van der Waals surface area contributed by atoms with Crippen LogP contribution in [0.5, 0.6) is 0 Å². The van der Waals surface area contributed by atoms with E-state index in [-0.39, 0.29) is 45.4 Å². The maximum atomic E-state index is 16.4. The lowest BCUT2D eigenvalue weighted by atomic mass is 10.0. The molecule has 0 bridgehead atoms. The van der Waals surface area contributed by atoms with Crippen molar-refractivity contribution in [1.82, 2.24) is 29.3 Å². The average molecular weight is 589 g/mol. The van der Waals surface area contributed by atoms with Crippen molar-refractivity contribution in [2.24, 2.45) is 0 Å². The van der Waals surface area contributed by atoms with Crippen LogP contribution in [0.1, 0.15) is 59.5 Å². The Kier molecular flexibility index (Phi) is 6.27. The maximum absolute atomic E-state index is 16.4. The van der Waals surface area contributed by atoms with Gasteiger partial charge in [-0.05, 0) is 85.9 Å². The SMILES string of the molecule is Cc1cnc(-c2cccc(-c3ncnn3C3CC3)c2F)c(F)c1-n1c(C)cc([C@@H]2CC2c2cncc(F)c2)c(Cl)c1=O. The molecule has 0 aliphatic heterocycles. The first-order valence-corrected chi connectivity index (χ1v) is 14.0. The van der Waals surface area contributed by atoms with Crippen molar-refractivity contribution < 1.29 is 13.2 Å². The normalized spacial score (nSPS) is 18.0.